The van der Waals surface area contributed by atoms with Crippen molar-refractivity contribution in [2.24, 2.45) is 5.84 Å². The first-order valence-electron chi connectivity index (χ1n) is 5.09. The lowest BCUT2D eigenvalue weighted by Gasteiger charge is -2.16. The Morgan fingerprint density at radius 3 is 2.50 bits per heavy atom. The first kappa shape index (κ1) is 13.9. The molecule has 18 heavy (non-hydrogen) atoms. The predicted octanol–water partition coefficient (Wildman–Crippen LogP) is 1.24. The Bertz CT molecular complexity index is 475. The zero-order valence-electron chi connectivity index (χ0n) is 9.70. The monoisotopic (exact) mass is 254 g/mol. The molecule has 1 amide bonds. The van der Waals surface area contributed by atoms with Crippen LogP contribution in [0.15, 0.2) is 12.1 Å². The number of amides is 1. The number of carbonyl (C=O) groups is 1. The van der Waals surface area contributed by atoms with Gasteiger partial charge in [-0.25, -0.2) is 8.78 Å². The van der Waals surface area contributed by atoms with Crippen LogP contribution in [0.1, 0.15) is 16.8 Å². The van der Waals surface area contributed by atoms with Gasteiger partial charge in [0, 0.05) is 19.2 Å². The number of hydrazine groups is 1. The maximum absolute atomic E-state index is 13.4. The number of hydrogen-bond acceptors (Lipinski definition) is 4. The molecular weight excluding hydrogens is 242 g/mol. The Morgan fingerprint density at radius 1 is 1.50 bits per heavy atom. The number of nitrogens with zero attached hydrogens (tertiary/aromatic N) is 2. The van der Waals surface area contributed by atoms with Gasteiger partial charge in [-0.1, -0.05) is 0 Å². The summed E-state index contributed by atoms with van der Waals surface area (Å²) in [6.07, 6.45) is 0.148. The third kappa shape index (κ3) is 2.93. The number of rotatable bonds is 4. The first-order valence-corrected chi connectivity index (χ1v) is 5.09. The van der Waals surface area contributed by atoms with Gasteiger partial charge in [0.1, 0.15) is 5.69 Å². The number of nitrogens with two attached hydrogens (primary N) is 1. The molecule has 1 aromatic rings. The van der Waals surface area contributed by atoms with Gasteiger partial charge in [0.05, 0.1) is 12.5 Å². The Kier molecular flexibility index (Phi) is 4.57. The van der Waals surface area contributed by atoms with Crippen molar-refractivity contribution in [2.75, 3.05) is 19.0 Å². The van der Waals surface area contributed by atoms with Crippen LogP contribution in [0.2, 0.25) is 0 Å². The van der Waals surface area contributed by atoms with Crippen molar-refractivity contribution in [1.82, 2.24) is 4.90 Å². The molecule has 0 bridgehead atoms. The molecule has 96 valence electrons. The Morgan fingerprint density at radius 2 is 2.06 bits per heavy atom. The highest BCUT2D eigenvalue weighted by Gasteiger charge is 2.17. The van der Waals surface area contributed by atoms with Crippen LogP contribution in [0.5, 0.6) is 0 Å². The lowest BCUT2D eigenvalue weighted by Crippen LogP contribution is -2.28. The molecule has 3 N–H and O–H groups in total. The van der Waals surface area contributed by atoms with Crippen LogP contribution in [0.3, 0.4) is 0 Å². The lowest BCUT2D eigenvalue weighted by atomic mass is 10.1. The maximum Gasteiger partial charge on any atom is 0.253 e. The van der Waals surface area contributed by atoms with E-state index in [-0.39, 0.29) is 18.5 Å². The Hall–Kier alpha value is -2.20. The summed E-state index contributed by atoms with van der Waals surface area (Å²) < 4.78 is 26.8. The van der Waals surface area contributed by atoms with Gasteiger partial charge in [-0.2, -0.15) is 5.26 Å². The third-order valence-electron chi connectivity index (χ3n) is 2.34. The molecule has 0 saturated heterocycles. The van der Waals surface area contributed by atoms with Gasteiger partial charge >= 0.3 is 0 Å². The van der Waals surface area contributed by atoms with Gasteiger partial charge in [0.2, 0.25) is 0 Å². The van der Waals surface area contributed by atoms with E-state index in [1.54, 1.807) is 0 Å². The molecule has 0 aliphatic rings. The molecule has 0 aromatic heterocycles. The first-order chi connectivity index (χ1) is 8.51. The molecule has 0 aliphatic heterocycles. The highest BCUT2D eigenvalue weighted by Crippen LogP contribution is 2.20. The fourth-order valence-electron chi connectivity index (χ4n) is 1.37. The van der Waals surface area contributed by atoms with Crippen molar-refractivity contribution >= 4 is 11.6 Å². The van der Waals surface area contributed by atoms with Crippen LogP contribution in [-0.2, 0) is 0 Å². The molecule has 0 radical (unpaired) electrons. The number of nitrogens with one attached hydrogen (secondary N) is 1. The van der Waals surface area contributed by atoms with Crippen molar-refractivity contribution < 1.29 is 13.6 Å². The summed E-state index contributed by atoms with van der Waals surface area (Å²) in [7, 11) is 1.45. The van der Waals surface area contributed by atoms with Crippen molar-refractivity contribution in [3.8, 4) is 6.07 Å². The average Bonchev–Trinajstić information content (AvgIpc) is 2.34. The average molecular weight is 254 g/mol. The molecule has 0 heterocycles. The second-order valence-corrected chi connectivity index (χ2v) is 3.59. The van der Waals surface area contributed by atoms with E-state index in [0.717, 1.165) is 12.1 Å². The van der Waals surface area contributed by atoms with Crippen LogP contribution in [0, 0.1) is 23.0 Å². The van der Waals surface area contributed by atoms with E-state index in [9.17, 15) is 13.6 Å². The van der Waals surface area contributed by atoms with Crippen LogP contribution in [0.4, 0.5) is 14.5 Å². The fraction of sp³-hybridized carbons (Fsp3) is 0.273. The molecule has 1 aromatic carbocycles. The summed E-state index contributed by atoms with van der Waals surface area (Å²) in [5.41, 5.74) is 1.25. The van der Waals surface area contributed by atoms with E-state index in [4.69, 9.17) is 11.1 Å². The van der Waals surface area contributed by atoms with E-state index < -0.39 is 23.2 Å². The van der Waals surface area contributed by atoms with E-state index in [2.05, 4.69) is 0 Å². The summed E-state index contributed by atoms with van der Waals surface area (Å²) in [5.74, 6) is 2.48. The summed E-state index contributed by atoms with van der Waals surface area (Å²) >= 11 is 0. The molecule has 0 aliphatic carbocycles. The molecule has 0 fully saturated rings. The topological polar surface area (TPSA) is 82.2 Å². The summed E-state index contributed by atoms with van der Waals surface area (Å²) in [5, 5.41) is 8.39. The minimum absolute atomic E-state index is 0.135. The minimum atomic E-state index is -0.950. The van der Waals surface area contributed by atoms with Crippen LogP contribution in [-0.4, -0.2) is 24.4 Å². The molecule has 0 unspecified atom stereocenters. The summed E-state index contributed by atoms with van der Waals surface area (Å²) in [6.45, 7) is 0.190. The van der Waals surface area contributed by atoms with Gasteiger partial charge in [-0.05, 0) is 12.1 Å². The van der Waals surface area contributed by atoms with E-state index in [0.29, 0.717) is 0 Å². The number of carbonyl (C=O) groups excluding carboxylic acids is 1. The highest BCUT2D eigenvalue weighted by atomic mass is 19.1. The van der Waals surface area contributed by atoms with Crippen molar-refractivity contribution in [2.45, 2.75) is 6.42 Å². The van der Waals surface area contributed by atoms with Crippen molar-refractivity contribution in [1.29, 1.82) is 5.26 Å². The zero-order chi connectivity index (χ0) is 13.7. The smallest absolute Gasteiger partial charge is 0.253 e. The van der Waals surface area contributed by atoms with E-state index in [1.165, 1.54) is 11.9 Å². The minimum Gasteiger partial charge on any atom is -0.341 e. The quantitative estimate of drug-likeness (QED) is 0.625. The lowest BCUT2D eigenvalue weighted by molar-refractivity contribution is 0.0797. The van der Waals surface area contributed by atoms with Gasteiger partial charge < -0.3 is 10.3 Å². The van der Waals surface area contributed by atoms with E-state index >= 15 is 0 Å². The van der Waals surface area contributed by atoms with Crippen LogP contribution < -0.4 is 11.3 Å². The number of nitriles is 1. The molecule has 5 nitrogen and oxygen atoms in total. The number of benzene rings is 1. The largest absolute Gasteiger partial charge is 0.341 e. The second-order valence-electron chi connectivity index (χ2n) is 3.59. The predicted molar refractivity (Wildman–Crippen MR) is 61.4 cm³/mol. The molecule has 0 saturated carbocycles. The second kappa shape index (κ2) is 5.93. The number of nitrogen functional groups attached to an aromatic ring is 1. The van der Waals surface area contributed by atoms with Crippen molar-refractivity contribution in [3.63, 3.8) is 0 Å². The summed E-state index contributed by atoms with van der Waals surface area (Å²) in [4.78, 5) is 13.0. The van der Waals surface area contributed by atoms with Gasteiger partial charge in [0.25, 0.3) is 5.91 Å². The van der Waals surface area contributed by atoms with Crippen LogP contribution in [0.25, 0.3) is 0 Å². The van der Waals surface area contributed by atoms with E-state index in [1.807, 2.05) is 11.5 Å². The fourth-order valence-corrected chi connectivity index (χ4v) is 1.37. The maximum atomic E-state index is 13.4. The van der Waals surface area contributed by atoms with Crippen molar-refractivity contribution in [3.05, 3.63) is 29.3 Å². The third-order valence-corrected chi connectivity index (χ3v) is 2.34. The molecule has 0 spiro atoms. The molecule has 7 heteroatoms. The number of halogens is 2. The Labute approximate surface area is 103 Å². The normalized spacial score (nSPS) is 9.72. The standard InChI is InChI=1S/C11H12F2N4O/c1-17(4-2-3-14)11(18)7-5-8(12)10(16-15)9(13)6-7/h5-6,16H,2,4,15H2,1H3. The SMILES string of the molecule is CN(CCC#N)C(=O)c1cc(F)c(NN)c(F)c1. The van der Waals surface area contributed by atoms with Gasteiger partial charge in [-0.3, -0.25) is 10.6 Å². The summed E-state index contributed by atoms with van der Waals surface area (Å²) in [6, 6.07) is 3.66. The van der Waals surface area contributed by atoms with Crippen LogP contribution >= 0.6 is 0 Å². The molecule has 1 rings (SSSR count). The number of anilines is 1. The Balaban J connectivity index is 2.97. The van der Waals surface area contributed by atoms with Gasteiger partial charge in [-0.15, -0.1) is 0 Å². The molecular formula is C11H12F2N4O. The molecule has 0 atom stereocenters. The zero-order valence-corrected chi connectivity index (χ0v) is 9.70. The van der Waals surface area contributed by atoms with Gasteiger partial charge in [0.15, 0.2) is 11.6 Å². The highest BCUT2D eigenvalue weighted by molar-refractivity contribution is 5.94. The number of hydrogen-bond donors (Lipinski definition) is 2.